The SMILES string of the molecule is CC[C@@H](C)c1ccc(-c2c(CO)cc(C)c3[nH]c(=O)c4sccc4c23)cc1. The molecule has 0 aliphatic rings. The van der Waals surface area contributed by atoms with Crippen LogP contribution in [-0.2, 0) is 6.61 Å². The van der Waals surface area contributed by atoms with Crippen molar-refractivity contribution in [2.75, 3.05) is 0 Å². The van der Waals surface area contributed by atoms with Gasteiger partial charge in [0.2, 0.25) is 0 Å². The number of hydrogen-bond donors (Lipinski definition) is 2. The van der Waals surface area contributed by atoms with Crippen LogP contribution in [0.4, 0.5) is 0 Å². The molecule has 0 amide bonds. The van der Waals surface area contributed by atoms with E-state index in [1.165, 1.54) is 16.9 Å². The van der Waals surface area contributed by atoms with Crippen LogP contribution in [0.2, 0.25) is 0 Å². The zero-order chi connectivity index (χ0) is 19.1. The van der Waals surface area contributed by atoms with Crippen molar-refractivity contribution < 1.29 is 5.11 Å². The molecule has 1 atom stereocenters. The van der Waals surface area contributed by atoms with Gasteiger partial charge in [-0.05, 0) is 58.5 Å². The first-order chi connectivity index (χ1) is 13.0. The number of aromatic nitrogens is 1. The van der Waals surface area contributed by atoms with Crippen LogP contribution in [0, 0.1) is 6.92 Å². The number of aryl methyl sites for hydroxylation is 1. The number of H-pyrrole nitrogens is 1. The van der Waals surface area contributed by atoms with Gasteiger partial charge in [-0.25, -0.2) is 0 Å². The zero-order valence-corrected chi connectivity index (χ0v) is 16.6. The molecule has 0 aliphatic heterocycles. The summed E-state index contributed by atoms with van der Waals surface area (Å²) in [4.78, 5) is 15.5. The minimum absolute atomic E-state index is 0.0377. The molecule has 27 heavy (non-hydrogen) atoms. The average Bonchev–Trinajstić information content (AvgIpc) is 3.18. The predicted molar refractivity (Wildman–Crippen MR) is 115 cm³/mol. The van der Waals surface area contributed by atoms with Gasteiger partial charge >= 0.3 is 0 Å². The zero-order valence-electron chi connectivity index (χ0n) is 15.8. The molecule has 0 radical (unpaired) electrons. The summed E-state index contributed by atoms with van der Waals surface area (Å²) >= 11 is 1.46. The van der Waals surface area contributed by atoms with E-state index in [0.717, 1.165) is 49.7 Å². The van der Waals surface area contributed by atoms with Crippen LogP contribution in [0.3, 0.4) is 0 Å². The third-order valence-corrected chi connectivity index (χ3v) is 6.45. The second-order valence-corrected chi connectivity index (χ2v) is 8.10. The summed E-state index contributed by atoms with van der Waals surface area (Å²) in [7, 11) is 0. The van der Waals surface area contributed by atoms with Gasteiger partial charge in [-0.2, -0.15) is 0 Å². The molecule has 4 heteroatoms. The van der Waals surface area contributed by atoms with Gasteiger partial charge in [0.25, 0.3) is 5.56 Å². The standard InChI is InChI=1S/C23H23NO2S/c1-4-13(2)15-5-7-16(8-6-15)19-17(12-25)11-14(3)21-20(19)18-9-10-27-22(18)23(26)24-21/h5-11,13,25H,4,12H2,1-3H3,(H,24,26)/t13-/m1/s1. The van der Waals surface area contributed by atoms with E-state index in [1.54, 1.807) is 0 Å². The lowest BCUT2D eigenvalue weighted by atomic mass is 9.90. The molecular formula is C23H23NO2S. The number of pyridine rings is 1. The highest BCUT2D eigenvalue weighted by atomic mass is 32.1. The van der Waals surface area contributed by atoms with E-state index in [0.29, 0.717) is 5.92 Å². The first-order valence-electron chi connectivity index (χ1n) is 9.32. The van der Waals surface area contributed by atoms with Crippen molar-refractivity contribution in [2.45, 2.75) is 39.7 Å². The summed E-state index contributed by atoms with van der Waals surface area (Å²) in [5.41, 5.74) is 6.05. The second kappa shape index (κ2) is 6.95. The van der Waals surface area contributed by atoms with Crippen molar-refractivity contribution in [3.63, 3.8) is 0 Å². The monoisotopic (exact) mass is 377 g/mol. The van der Waals surface area contributed by atoms with E-state index in [1.807, 2.05) is 24.4 Å². The van der Waals surface area contributed by atoms with Crippen LogP contribution in [0.5, 0.6) is 0 Å². The molecule has 0 bridgehead atoms. The lowest BCUT2D eigenvalue weighted by Crippen LogP contribution is -2.07. The lowest BCUT2D eigenvalue weighted by Gasteiger charge is -2.16. The third kappa shape index (κ3) is 2.89. The number of hydrogen-bond acceptors (Lipinski definition) is 3. The van der Waals surface area contributed by atoms with E-state index in [2.05, 4.69) is 43.1 Å². The summed E-state index contributed by atoms with van der Waals surface area (Å²) in [6.45, 7) is 6.37. The molecule has 0 saturated carbocycles. The summed E-state index contributed by atoms with van der Waals surface area (Å²) < 4.78 is 0.731. The molecule has 0 saturated heterocycles. The Kier molecular flexibility index (Phi) is 4.62. The molecule has 3 nitrogen and oxygen atoms in total. The van der Waals surface area contributed by atoms with Gasteiger partial charge in [0.15, 0.2) is 0 Å². The van der Waals surface area contributed by atoms with Gasteiger partial charge in [0, 0.05) is 10.8 Å². The van der Waals surface area contributed by atoms with Gasteiger partial charge in [-0.3, -0.25) is 4.79 Å². The number of fused-ring (bicyclic) bond motifs is 3. The topological polar surface area (TPSA) is 53.1 Å². The number of thiophene rings is 1. The average molecular weight is 378 g/mol. The number of aliphatic hydroxyl groups is 1. The van der Waals surface area contributed by atoms with Crippen molar-refractivity contribution in [1.29, 1.82) is 0 Å². The van der Waals surface area contributed by atoms with Gasteiger partial charge in [-0.15, -0.1) is 11.3 Å². The smallest absolute Gasteiger partial charge is 0.266 e. The van der Waals surface area contributed by atoms with Crippen LogP contribution >= 0.6 is 11.3 Å². The first-order valence-corrected chi connectivity index (χ1v) is 10.2. The predicted octanol–water partition coefficient (Wildman–Crippen LogP) is 5.72. The van der Waals surface area contributed by atoms with E-state index in [9.17, 15) is 9.90 Å². The Bertz CT molecular complexity index is 1190. The Balaban J connectivity index is 2.08. The van der Waals surface area contributed by atoms with E-state index in [-0.39, 0.29) is 12.2 Å². The van der Waals surface area contributed by atoms with Crippen molar-refractivity contribution in [1.82, 2.24) is 4.98 Å². The van der Waals surface area contributed by atoms with Crippen molar-refractivity contribution in [2.24, 2.45) is 0 Å². The van der Waals surface area contributed by atoms with Gasteiger partial charge in [0.05, 0.1) is 12.1 Å². The summed E-state index contributed by atoms with van der Waals surface area (Å²) in [5.74, 6) is 0.519. The fraction of sp³-hybridized carbons (Fsp3) is 0.261. The number of aromatic amines is 1. The molecule has 2 heterocycles. The molecule has 138 valence electrons. The summed E-state index contributed by atoms with van der Waals surface area (Å²) in [6, 6.07) is 12.6. The fourth-order valence-corrected chi connectivity index (χ4v) is 4.63. The maximum atomic E-state index is 12.5. The summed E-state index contributed by atoms with van der Waals surface area (Å²) in [6.07, 6.45) is 1.10. The minimum atomic E-state index is -0.0505. The minimum Gasteiger partial charge on any atom is -0.392 e. The van der Waals surface area contributed by atoms with E-state index < -0.39 is 0 Å². The molecule has 0 spiro atoms. The highest BCUT2D eigenvalue weighted by Gasteiger charge is 2.17. The summed E-state index contributed by atoms with van der Waals surface area (Å²) in [5, 5.41) is 14.0. The Labute approximate surface area is 162 Å². The fourth-order valence-electron chi connectivity index (χ4n) is 3.84. The van der Waals surface area contributed by atoms with Gasteiger partial charge in [0.1, 0.15) is 4.70 Å². The number of nitrogens with one attached hydrogen (secondary N) is 1. The van der Waals surface area contributed by atoms with Gasteiger partial charge < -0.3 is 10.1 Å². The maximum Gasteiger partial charge on any atom is 0.266 e. The van der Waals surface area contributed by atoms with E-state index in [4.69, 9.17) is 0 Å². The largest absolute Gasteiger partial charge is 0.392 e. The molecule has 0 fully saturated rings. The molecule has 2 aromatic carbocycles. The van der Waals surface area contributed by atoms with Crippen LogP contribution in [0.25, 0.3) is 32.1 Å². The maximum absolute atomic E-state index is 12.5. The van der Waals surface area contributed by atoms with E-state index >= 15 is 0 Å². The normalized spacial score (nSPS) is 12.7. The Morgan fingerprint density at radius 2 is 1.93 bits per heavy atom. The Morgan fingerprint density at radius 1 is 1.19 bits per heavy atom. The lowest BCUT2D eigenvalue weighted by molar-refractivity contribution is 0.282. The first kappa shape index (κ1) is 18.0. The van der Waals surface area contributed by atoms with Gasteiger partial charge in [-0.1, -0.05) is 44.2 Å². The van der Waals surface area contributed by atoms with Crippen LogP contribution in [0.1, 0.15) is 42.9 Å². The molecule has 2 aromatic heterocycles. The molecular weight excluding hydrogens is 354 g/mol. The Hall–Kier alpha value is -2.43. The van der Waals surface area contributed by atoms with Crippen LogP contribution in [-0.4, -0.2) is 10.1 Å². The molecule has 0 unspecified atom stereocenters. The number of aliphatic hydroxyl groups excluding tert-OH is 1. The van der Waals surface area contributed by atoms with Crippen molar-refractivity contribution >= 4 is 32.3 Å². The van der Waals surface area contributed by atoms with Crippen LogP contribution < -0.4 is 5.56 Å². The molecule has 0 aliphatic carbocycles. The van der Waals surface area contributed by atoms with Crippen molar-refractivity contribution in [3.05, 3.63) is 68.8 Å². The molecule has 4 rings (SSSR count). The third-order valence-electron chi connectivity index (χ3n) is 5.54. The second-order valence-electron chi connectivity index (χ2n) is 7.18. The Morgan fingerprint density at radius 3 is 2.59 bits per heavy atom. The molecule has 2 N–H and O–H groups in total. The quantitative estimate of drug-likeness (QED) is 0.477. The van der Waals surface area contributed by atoms with Crippen molar-refractivity contribution in [3.8, 4) is 11.1 Å². The van der Waals surface area contributed by atoms with Crippen LogP contribution in [0.15, 0.2) is 46.6 Å². The number of rotatable bonds is 4. The molecule has 4 aromatic rings. The highest BCUT2D eigenvalue weighted by molar-refractivity contribution is 7.17. The highest BCUT2D eigenvalue weighted by Crippen LogP contribution is 2.38. The number of benzene rings is 2.